The van der Waals surface area contributed by atoms with Gasteiger partial charge in [0.25, 0.3) is 0 Å². The average molecular weight is 417 g/mol. The highest BCUT2D eigenvalue weighted by molar-refractivity contribution is 9.10. The van der Waals surface area contributed by atoms with Crippen LogP contribution in [0.4, 0.5) is 0 Å². The van der Waals surface area contributed by atoms with E-state index in [2.05, 4.69) is 38.3 Å². The van der Waals surface area contributed by atoms with Crippen molar-refractivity contribution < 1.29 is 0 Å². The lowest BCUT2D eigenvalue weighted by molar-refractivity contribution is 0.160. The molecule has 1 aromatic carbocycles. The number of halogens is 4. The molecule has 1 heterocycles. The number of piperazine rings is 1. The lowest BCUT2D eigenvalue weighted by Crippen LogP contribution is -2.45. The first kappa shape index (κ1) is 19.5. The van der Waals surface area contributed by atoms with Crippen molar-refractivity contribution >= 4 is 52.3 Å². The van der Waals surface area contributed by atoms with Gasteiger partial charge in [0.05, 0.1) is 5.02 Å². The molecule has 120 valence electrons. The van der Waals surface area contributed by atoms with Gasteiger partial charge in [-0.2, -0.15) is 0 Å². The highest BCUT2D eigenvalue weighted by Crippen LogP contribution is 2.41. The highest BCUT2D eigenvalue weighted by Gasteiger charge is 2.30. The van der Waals surface area contributed by atoms with E-state index in [1.165, 1.54) is 24.8 Å². The zero-order valence-electron chi connectivity index (χ0n) is 11.9. The van der Waals surface area contributed by atoms with E-state index in [0.717, 1.165) is 41.6 Å². The van der Waals surface area contributed by atoms with Gasteiger partial charge in [0.15, 0.2) is 0 Å². The Labute approximate surface area is 152 Å². The van der Waals surface area contributed by atoms with Crippen LogP contribution in [0.5, 0.6) is 0 Å². The zero-order chi connectivity index (χ0) is 13.2. The van der Waals surface area contributed by atoms with E-state index in [1.54, 1.807) is 0 Å². The van der Waals surface area contributed by atoms with E-state index in [9.17, 15) is 0 Å². The molecule has 0 radical (unpaired) electrons. The van der Waals surface area contributed by atoms with Crippen molar-refractivity contribution in [1.29, 1.82) is 0 Å². The molecule has 1 saturated heterocycles. The Morgan fingerprint density at radius 1 is 1.24 bits per heavy atom. The fraction of sp³-hybridized carbons (Fsp3) is 0.600. The molecule has 1 N–H and O–H groups in total. The Morgan fingerprint density at radius 2 is 1.90 bits per heavy atom. The van der Waals surface area contributed by atoms with E-state index in [0.29, 0.717) is 6.04 Å². The summed E-state index contributed by atoms with van der Waals surface area (Å²) in [5.41, 5.74) is 1.41. The van der Waals surface area contributed by atoms with Crippen molar-refractivity contribution in [3.05, 3.63) is 33.3 Å². The van der Waals surface area contributed by atoms with Crippen molar-refractivity contribution in [1.82, 2.24) is 10.2 Å². The summed E-state index contributed by atoms with van der Waals surface area (Å²) >= 11 is 9.68. The van der Waals surface area contributed by atoms with Crippen LogP contribution in [0.25, 0.3) is 0 Å². The molecule has 1 atom stereocenters. The number of nitrogens with zero attached hydrogens (tertiary/aromatic N) is 1. The number of hydrogen-bond donors (Lipinski definition) is 1. The van der Waals surface area contributed by atoms with Gasteiger partial charge in [-0.05, 0) is 46.0 Å². The number of hydrogen-bond acceptors (Lipinski definition) is 2. The smallest absolute Gasteiger partial charge is 0.0548 e. The molecule has 1 aromatic rings. The van der Waals surface area contributed by atoms with Crippen molar-refractivity contribution in [2.24, 2.45) is 5.92 Å². The van der Waals surface area contributed by atoms with E-state index < -0.39 is 0 Å². The van der Waals surface area contributed by atoms with Crippen LogP contribution in [0.1, 0.15) is 30.9 Å². The Bertz CT molecular complexity index is 449. The maximum Gasteiger partial charge on any atom is 0.0548 e. The maximum absolute atomic E-state index is 6.12. The minimum absolute atomic E-state index is 0. The van der Waals surface area contributed by atoms with Crippen LogP contribution < -0.4 is 5.32 Å². The molecule has 1 aliphatic carbocycles. The van der Waals surface area contributed by atoms with Crippen molar-refractivity contribution in [3.63, 3.8) is 0 Å². The Balaban J connectivity index is 0.00000110. The van der Waals surface area contributed by atoms with E-state index in [-0.39, 0.29) is 24.8 Å². The second kappa shape index (κ2) is 8.95. The summed E-state index contributed by atoms with van der Waals surface area (Å²) in [7, 11) is 0. The largest absolute Gasteiger partial charge is 0.314 e. The molecule has 21 heavy (non-hydrogen) atoms. The summed E-state index contributed by atoms with van der Waals surface area (Å²) in [6.45, 7) is 4.51. The highest BCUT2D eigenvalue weighted by atomic mass is 79.9. The molecule has 0 aromatic heterocycles. The van der Waals surface area contributed by atoms with Crippen molar-refractivity contribution in [2.45, 2.75) is 25.3 Å². The summed E-state index contributed by atoms with van der Waals surface area (Å²) in [5.74, 6) is 0.939. The number of rotatable bonds is 4. The minimum Gasteiger partial charge on any atom is -0.314 e. The topological polar surface area (TPSA) is 15.3 Å². The molecule has 0 amide bonds. The molecule has 2 aliphatic rings. The Kier molecular flexibility index (Phi) is 8.33. The van der Waals surface area contributed by atoms with Gasteiger partial charge in [-0.3, -0.25) is 4.90 Å². The van der Waals surface area contributed by atoms with Crippen LogP contribution >= 0.6 is 52.3 Å². The second-order valence-electron chi connectivity index (χ2n) is 5.65. The van der Waals surface area contributed by atoms with Gasteiger partial charge in [0.2, 0.25) is 0 Å². The molecule has 0 spiro atoms. The SMILES string of the molecule is Cl.Cl.Clc1ccc([C@H](CC2CC2)N2CCNCC2)cc1Br. The van der Waals surface area contributed by atoms with Crippen LogP contribution in [-0.4, -0.2) is 31.1 Å². The molecule has 2 fully saturated rings. The van der Waals surface area contributed by atoms with Gasteiger partial charge in [0.1, 0.15) is 0 Å². The number of benzene rings is 1. The van der Waals surface area contributed by atoms with Gasteiger partial charge in [-0.25, -0.2) is 0 Å². The van der Waals surface area contributed by atoms with Gasteiger partial charge < -0.3 is 5.32 Å². The average Bonchev–Trinajstić information content (AvgIpc) is 3.24. The van der Waals surface area contributed by atoms with Gasteiger partial charge in [-0.15, -0.1) is 24.8 Å². The van der Waals surface area contributed by atoms with Crippen LogP contribution in [-0.2, 0) is 0 Å². The molecular formula is C15H22BrCl3N2. The van der Waals surface area contributed by atoms with Crippen LogP contribution in [0.3, 0.4) is 0 Å². The normalized spacial score (nSPS) is 20.3. The fourth-order valence-corrected chi connectivity index (χ4v) is 3.39. The van der Waals surface area contributed by atoms with Gasteiger partial charge in [-0.1, -0.05) is 30.5 Å². The molecule has 2 nitrogen and oxygen atoms in total. The van der Waals surface area contributed by atoms with E-state index >= 15 is 0 Å². The van der Waals surface area contributed by atoms with Crippen molar-refractivity contribution in [2.75, 3.05) is 26.2 Å². The first-order valence-electron chi connectivity index (χ1n) is 7.14. The van der Waals surface area contributed by atoms with Crippen LogP contribution in [0.15, 0.2) is 22.7 Å². The first-order valence-corrected chi connectivity index (χ1v) is 8.31. The third-order valence-electron chi connectivity index (χ3n) is 4.17. The standard InChI is InChI=1S/C15H20BrClN2.2ClH/c16-13-10-12(3-4-14(13)17)15(9-11-1-2-11)19-7-5-18-6-8-19;;/h3-4,10-11,15,18H,1-2,5-9H2;2*1H/t15-;;/m0../s1. The zero-order valence-corrected chi connectivity index (χ0v) is 15.8. The van der Waals surface area contributed by atoms with E-state index in [1.807, 2.05) is 6.07 Å². The summed E-state index contributed by atoms with van der Waals surface area (Å²) in [5, 5.41) is 4.24. The summed E-state index contributed by atoms with van der Waals surface area (Å²) in [4.78, 5) is 2.63. The lowest BCUT2D eigenvalue weighted by atomic mass is 9.99. The molecular weight excluding hydrogens is 394 g/mol. The second-order valence-corrected chi connectivity index (χ2v) is 6.92. The predicted molar refractivity (Wildman–Crippen MR) is 98.2 cm³/mol. The third-order valence-corrected chi connectivity index (χ3v) is 5.39. The fourth-order valence-electron chi connectivity index (χ4n) is 2.88. The Morgan fingerprint density at radius 3 is 2.48 bits per heavy atom. The molecule has 1 aliphatic heterocycles. The van der Waals surface area contributed by atoms with Gasteiger partial charge in [0, 0.05) is 36.7 Å². The first-order chi connectivity index (χ1) is 9.24. The quantitative estimate of drug-likeness (QED) is 0.766. The minimum atomic E-state index is 0. The molecule has 1 saturated carbocycles. The summed E-state index contributed by atoms with van der Waals surface area (Å²) in [6.07, 6.45) is 4.13. The van der Waals surface area contributed by atoms with Gasteiger partial charge >= 0.3 is 0 Å². The summed E-state index contributed by atoms with van der Waals surface area (Å²) < 4.78 is 1.02. The van der Waals surface area contributed by atoms with E-state index in [4.69, 9.17) is 11.6 Å². The van der Waals surface area contributed by atoms with Crippen LogP contribution in [0, 0.1) is 5.92 Å². The predicted octanol–water partition coefficient (Wildman–Crippen LogP) is 4.69. The molecule has 0 unspecified atom stereocenters. The monoisotopic (exact) mass is 414 g/mol. The molecule has 3 rings (SSSR count). The Hall–Kier alpha value is 0.490. The maximum atomic E-state index is 6.12. The molecule has 0 bridgehead atoms. The number of nitrogens with one attached hydrogen (secondary N) is 1. The van der Waals surface area contributed by atoms with Crippen molar-refractivity contribution in [3.8, 4) is 0 Å². The van der Waals surface area contributed by atoms with Crippen LogP contribution in [0.2, 0.25) is 5.02 Å². The summed E-state index contributed by atoms with van der Waals surface area (Å²) in [6, 6.07) is 6.98. The molecule has 6 heteroatoms. The third kappa shape index (κ3) is 5.26. The lowest BCUT2D eigenvalue weighted by Gasteiger charge is -2.35.